The maximum Gasteiger partial charge on any atom is 0.119 e. The minimum Gasteiger partial charge on any atom is -0.497 e. The Morgan fingerprint density at radius 3 is 2.75 bits per heavy atom. The zero-order chi connectivity index (χ0) is 13.9. The van der Waals surface area contributed by atoms with Crippen LogP contribution in [-0.2, 0) is 0 Å². The van der Waals surface area contributed by atoms with Crippen molar-refractivity contribution in [3.05, 3.63) is 42.0 Å². The van der Waals surface area contributed by atoms with Gasteiger partial charge in [-0.3, -0.25) is 0 Å². The lowest BCUT2D eigenvalue weighted by molar-refractivity contribution is 0.0923. The van der Waals surface area contributed by atoms with Gasteiger partial charge in [0, 0.05) is 12.5 Å². The number of aliphatic hydroxyl groups is 1. The first-order valence-corrected chi connectivity index (χ1v) is 7.24. The van der Waals surface area contributed by atoms with E-state index in [2.05, 4.69) is 17.4 Å². The summed E-state index contributed by atoms with van der Waals surface area (Å²) < 4.78 is 5.24. The van der Waals surface area contributed by atoms with Gasteiger partial charge in [-0.1, -0.05) is 18.2 Å². The Morgan fingerprint density at radius 1 is 1.20 bits per heavy atom. The number of ether oxygens (including phenoxy) is 1. The van der Waals surface area contributed by atoms with Crippen LogP contribution in [0.2, 0.25) is 0 Å². The fraction of sp³-hybridized carbons (Fsp3) is 0.412. The Balaban J connectivity index is 1.88. The fourth-order valence-corrected chi connectivity index (χ4v) is 2.97. The van der Waals surface area contributed by atoms with Gasteiger partial charge in [0.15, 0.2) is 0 Å². The molecule has 2 aromatic rings. The molecule has 2 atom stereocenters. The molecule has 20 heavy (non-hydrogen) atoms. The summed E-state index contributed by atoms with van der Waals surface area (Å²) in [5, 5.41) is 16.2. The topological polar surface area (TPSA) is 41.5 Å². The molecule has 1 heterocycles. The predicted molar refractivity (Wildman–Crippen MR) is 81.1 cm³/mol. The number of fused-ring (bicyclic) bond motifs is 1. The highest BCUT2D eigenvalue weighted by Crippen LogP contribution is 2.30. The van der Waals surface area contributed by atoms with Crippen molar-refractivity contribution in [3.8, 4) is 5.75 Å². The van der Waals surface area contributed by atoms with E-state index >= 15 is 0 Å². The van der Waals surface area contributed by atoms with E-state index in [4.69, 9.17) is 4.74 Å². The largest absolute Gasteiger partial charge is 0.497 e. The van der Waals surface area contributed by atoms with Gasteiger partial charge in [0.2, 0.25) is 0 Å². The smallest absolute Gasteiger partial charge is 0.119 e. The highest BCUT2D eigenvalue weighted by molar-refractivity contribution is 5.84. The molecule has 3 heteroatoms. The summed E-state index contributed by atoms with van der Waals surface area (Å²) in [4.78, 5) is 0. The van der Waals surface area contributed by atoms with E-state index in [9.17, 15) is 5.11 Å². The molecular formula is C17H21NO2. The van der Waals surface area contributed by atoms with Crippen molar-refractivity contribution < 1.29 is 9.84 Å². The lowest BCUT2D eigenvalue weighted by Gasteiger charge is -2.27. The van der Waals surface area contributed by atoms with Gasteiger partial charge >= 0.3 is 0 Å². The third kappa shape index (κ3) is 2.65. The van der Waals surface area contributed by atoms with Gasteiger partial charge in [-0.05, 0) is 53.9 Å². The zero-order valence-electron chi connectivity index (χ0n) is 11.8. The van der Waals surface area contributed by atoms with Crippen LogP contribution in [0.3, 0.4) is 0 Å². The van der Waals surface area contributed by atoms with Crippen molar-refractivity contribution in [2.24, 2.45) is 5.92 Å². The molecule has 0 saturated carbocycles. The van der Waals surface area contributed by atoms with Crippen molar-refractivity contribution in [2.75, 3.05) is 20.2 Å². The second kappa shape index (κ2) is 5.81. The summed E-state index contributed by atoms with van der Waals surface area (Å²) in [7, 11) is 1.68. The molecule has 0 aromatic heterocycles. The number of hydrogen-bond donors (Lipinski definition) is 2. The van der Waals surface area contributed by atoms with Gasteiger partial charge in [-0.15, -0.1) is 0 Å². The van der Waals surface area contributed by atoms with Crippen molar-refractivity contribution in [1.82, 2.24) is 5.32 Å². The summed E-state index contributed by atoms with van der Waals surface area (Å²) in [6, 6.07) is 12.2. The zero-order valence-corrected chi connectivity index (χ0v) is 11.8. The number of benzene rings is 2. The van der Waals surface area contributed by atoms with E-state index in [1.807, 2.05) is 24.3 Å². The molecule has 0 bridgehead atoms. The Labute approximate surface area is 119 Å². The minimum absolute atomic E-state index is 0.319. The Bertz CT molecular complexity index is 591. The molecule has 1 aliphatic heterocycles. The third-order valence-electron chi connectivity index (χ3n) is 4.19. The Kier molecular flexibility index (Phi) is 3.90. The molecule has 2 N–H and O–H groups in total. The van der Waals surface area contributed by atoms with E-state index in [1.54, 1.807) is 7.11 Å². The number of hydrogen-bond acceptors (Lipinski definition) is 3. The quantitative estimate of drug-likeness (QED) is 0.902. The second-order valence-corrected chi connectivity index (χ2v) is 5.52. The molecule has 1 fully saturated rings. The summed E-state index contributed by atoms with van der Waals surface area (Å²) in [5.74, 6) is 1.18. The fourth-order valence-electron chi connectivity index (χ4n) is 2.97. The number of methoxy groups -OCH3 is 1. The van der Waals surface area contributed by atoms with Crippen molar-refractivity contribution in [1.29, 1.82) is 0 Å². The van der Waals surface area contributed by atoms with E-state index in [0.717, 1.165) is 48.0 Å². The molecule has 1 aliphatic rings. The van der Waals surface area contributed by atoms with Crippen molar-refractivity contribution in [3.63, 3.8) is 0 Å². The average Bonchev–Trinajstić information content (AvgIpc) is 2.54. The van der Waals surface area contributed by atoms with Crippen LogP contribution in [0, 0.1) is 5.92 Å². The lowest BCUT2D eigenvalue weighted by atomic mass is 9.88. The first-order valence-electron chi connectivity index (χ1n) is 7.24. The number of rotatable bonds is 3. The van der Waals surface area contributed by atoms with Crippen molar-refractivity contribution >= 4 is 10.8 Å². The maximum atomic E-state index is 10.5. The molecule has 0 spiro atoms. The molecule has 3 nitrogen and oxygen atoms in total. The molecule has 3 rings (SSSR count). The molecule has 1 saturated heterocycles. The summed E-state index contributed by atoms with van der Waals surface area (Å²) >= 11 is 0. The van der Waals surface area contributed by atoms with E-state index in [-0.39, 0.29) is 6.10 Å². The molecular weight excluding hydrogens is 250 g/mol. The van der Waals surface area contributed by atoms with Crippen LogP contribution < -0.4 is 10.1 Å². The van der Waals surface area contributed by atoms with Crippen LogP contribution >= 0.6 is 0 Å². The highest BCUT2D eigenvalue weighted by Gasteiger charge is 2.22. The second-order valence-electron chi connectivity index (χ2n) is 5.52. The molecule has 0 amide bonds. The monoisotopic (exact) mass is 271 g/mol. The summed E-state index contributed by atoms with van der Waals surface area (Å²) in [6.45, 7) is 1.97. The molecule has 106 valence electrons. The molecule has 2 unspecified atom stereocenters. The average molecular weight is 271 g/mol. The van der Waals surface area contributed by atoms with E-state index in [1.165, 1.54) is 0 Å². The minimum atomic E-state index is -0.380. The van der Waals surface area contributed by atoms with Gasteiger partial charge in [0.25, 0.3) is 0 Å². The standard InChI is InChI=1S/C17H21NO2/c1-20-16-7-6-12-9-14(5-4-13(12)10-16)17(19)15-3-2-8-18-11-15/h4-7,9-10,15,17-19H,2-3,8,11H2,1H3. The summed E-state index contributed by atoms with van der Waals surface area (Å²) in [5.41, 5.74) is 1.01. The lowest BCUT2D eigenvalue weighted by Crippen LogP contribution is -2.33. The van der Waals surface area contributed by atoms with Gasteiger partial charge in [-0.2, -0.15) is 0 Å². The van der Waals surface area contributed by atoms with Crippen LogP contribution in [0.15, 0.2) is 36.4 Å². The van der Waals surface area contributed by atoms with Crippen LogP contribution in [0.25, 0.3) is 10.8 Å². The first kappa shape index (κ1) is 13.4. The maximum absolute atomic E-state index is 10.5. The Morgan fingerprint density at radius 2 is 2.00 bits per heavy atom. The van der Waals surface area contributed by atoms with E-state index in [0.29, 0.717) is 5.92 Å². The van der Waals surface area contributed by atoms with Crippen molar-refractivity contribution in [2.45, 2.75) is 18.9 Å². The van der Waals surface area contributed by atoms with Crippen LogP contribution in [0.4, 0.5) is 0 Å². The van der Waals surface area contributed by atoms with E-state index < -0.39 is 0 Å². The SMILES string of the molecule is COc1ccc2cc(C(O)C3CCCNC3)ccc2c1. The number of nitrogens with one attached hydrogen (secondary N) is 1. The highest BCUT2D eigenvalue weighted by atomic mass is 16.5. The molecule has 2 aromatic carbocycles. The van der Waals surface area contributed by atoms with Gasteiger partial charge in [-0.25, -0.2) is 0 Å². The third-order valence-corrected chi connectivity index (χ3v) is 4.19. The van der Waals surface area contributed by atoms with Gasteiger partial charge in [0.1, 0.15) is 5.75 Å². The van der Waals surface area contributed by atoms with Crippen LogP contribution in [0.5, 0.6) is 5.75 Å². The van der Waals surface area contributed by atoms with Gasteiger partial charge < -0.3 is 15.2 Å². The summed E-state index contributed by atoms with van der Waals surface area (Å²) in [6.07, 6.45) is 1.86. The van der Waals surface area contributed by atoms with Gasteiger partial charge in [0.05, 0.1) is 13.2 Å². The van der Waals surface area contributed by atoms with Crippen LogP contribution in [-0.4, -0.2) is 25.3 Å². The normalized spacial score (nSPS) is 20.8. The Hall–Kier alpha value is -1.58. The number of aliphatic hydroxyl groups excluding tert-OH is 1. The first-order chi connectivity index (χ1) is 9.78. The predicted octanol–water partition coefficient (Wildman–Crippen LogP) is 2.88. The molecule has 0 radical (unpaired) electrons. The molecule has 0 aliphatic carbocycles. The number of piperidine rings is 1. The van der Waals surface area contributed by atoms with Crippen LogP contribution in [0.1, 0.15) is 24.5 Å².